The largest absolute Gasteiger partial charge is 0.352 e. The zero-order valence-electron chi connectivity index (χ0n) is 13.2. The highest BCUT2D eigenvalue weighted by molar-refractivity contribution is 5.81. The van der Waals surface area contributed by atoms with Crippen molar-refractivity contribution >= 4 is 5.91 Å². The van der Waals surface area contributed by atoms with Crippen LogP contribution in [0.3, 0.4) is 0 Å². The van der Waals surface area contributed by atoms with Gasteiger partial charge in [0, 0.05) is 6.04 Å². The maximum absolute atomic E-state index is 12.4. The fourth-order valence-corrected chi connectivity index (χ4v) is 2.99. The van der Waals surface area contributed by atoms with E-state index in [9.17, 15) is 4.79 Å². The highest BCUT2D eigenvalue weighted by Crippen LogP contribution is 2.23. The maximum atomic E-state index is 12.4. The lowest BCUT2D eigenvalue weighted by Gasteiger charge is -2.33. The Hall–Kier alpha value is -0.570. The Morgan fingerprint density at radius 2 is 2.00 bits per heavy atom. The van der Waals surface area contributed by atoms with Crippen molar-refractivity contribution in [3.63, 3.8) is 0 Å². The number of likely N-dealkylation sites (N-methyl/N-ethyl adjacent to an activating group) is 1. The van der Waals surface area contributed by atoms with Crippen molar-refractivity contribution < 1.29 is 4.79 Å². The van der Waals surface area contributed by atoms with Gasteiger partial charge in [0.1, 0.15) is 0 Å². The van der Waals surface area contributed by atoms with Crippen LogP contribution < -0.4 is 5.32 Å². The molecule has 1 aliphatic rings. The molecule has 112 valence electrons. The first-order valence-corrected chi connectivity index (χ1v) is 8.14. The second kappa shape index (κ2) is 8.57. The normalized spacial score (nSPS) is 25.3. The highest BCUT2D eigenvalue weighted by Gasteiger charge is 2.26. The Morgan fingerprint density at radius 1 is 1.32 bits per heavy atom. The van der Waals surface area contributed by atoms with Gasteiger partial charge in [-0.05, 0) is 45.2 Å². The van der Waals surface area contributed by atoms with E-state index in [0.717, 1.165) is 19.5 Å². The first-order chi connectivity index (χ1) is 9.10. The summed E-state index contributed by atoms with van der Waals surface area (Å²) in [5.74, 6) is 0.854. The van der Waals surface area contributed by atoms with Crippen molar-refractivity contribution in [2.24, 2.45) is 5.92 Å². The predicted octanol–water partition coefficient (Wildman–Crippen LogP) is 3.19. The van der Waals surface area contributed by atoms with Gasteiger partial charge in [0.2, 0.25) is 5.91 Å². The molecule has 1 aliphatic carbocycles. The zero-order chi connectivity index (χ0) is 14.3. The lowest BCUT2D eigenvalue weighted by molar-refractivity contribution is -0.127. The van der Waals surface area contributed by atoms with Crippen LogP contribution in [0.5, 0.6) is 0 Å². The predicted molar refractivity (Wildman–Crippen MR) is 81.2 cm³/mol. The third-order valence-corrected chi connectivity index (χ3v) is 4.57. The molecule has 1 N–H and O–H groups in total. The summed E-state index contributed by atoms with van der Waals surface area (Å²) in [5, 5.41) is 3.28. The topological polar surface area (TPSA) is 32.3 Å². The van der Waals surface area contributed by atoms with Gasteiger partial charge >= 0.3 is 0 Å². The van der Waals surface area contributed by atoms with Crippen molar-refractivity contribution in [1.82, 2.24) is 10.2 Å². The van der Waals surface area contributed by atoms with Gasteiger partial charge in [-0.2, -0.15) is 0 Å². The number of hydrogen-bond acceptors (Lipinski definition) is 2. The molecule has 3 heteroatoms. The molecule has 3 atom stereocenters. The summed E-state index contributed by atoms with van der Waals surface area (Å²) in [6.07, 6.45) is 7.35. The van der Waals surface area contributed by atoms with Crippen LogP contribution in [-0.2, 0) is 4.79 Å². The fraction of sp³-hybridized carbons (Fsp3) is 0.938. The summed E-state index contributed by atoms with van der Waals surface area (Å²) in [7, 11) is 0. The molecule has 0 spiro atoms. The lowest BCUT2D eigenvalue weighted by atomic mass is 9.86. The minimum absolute atomic E-state index is 0.00526. The van der Waals surface area contributed by atoms with Crippen molar-refractivity contribution in [2.75, 3.05) is 13.1 Å². The van der Waals surface area contributed by atoms with Gasteiger partial charge in [0.05, 0.1) is 6.04 Å². The van der Waals surface area contributed by atoms with Crippen LogP contribution in [0.1, 0.15) is 66.2 Å². The highest BCUT2D eigenvalue weighted by atomic mass is 16.2. The van der Waals surface area contributed by atoms with E-state index in [1.165, 1.54) is 32.1 Å². The minimum Gasteiger partial charge on any atom is -0.352 e. The summed E-state index contributed by atoms with van der Waals surface area (Å²) in [6.45, 7) is 10.6. The van der Waals surface area contributed by atoms with E-state index in [1.807, 2.05) is 6.92 Å². The van der Waals surface area contributed by atoms with Crippen LogP contribution in [0.25, 0.3) is 0 Å². The van der Waals surface area contributed by atoms with Gasteiger partial charge in [-0.3, -0.25) is 9.69 Å². The molecular weight excluding hydrogens is 236 g/mol. The van der Waals surface area contributed by atoms with E-state index in [4.69, 9.17) is 0 Å². The van der Waals surface area contributed by atoms with E-state index in [2.05, 4.69) is 31.0 Å². The quantitative estimate of drug-likeness (QED) is 0.769. The Morgan fingerprint density at radius 3 is 2.58 bits per heavy atom. The van der Waals surface area contributed by atoms with Crippen molar-refractivity contribution in [3.05, 3.63) is 0 Å². The average molecular weight is 268 g/mol. The second-order valence-electron chi connectivity index (χ2n) is 6.03. The van der Waals surface area contributed by atoms with Crippen LogP contribution in [-0.4, -0.2) is 36.0 Å². The molecule has 19 heavy (non-hydrogen) atoms. The Balaban J connectivity index is 2.45. The van der Waals surface area contributed by atoms with Crippen molar-refractivity contribution in [1.29, 1.82) is 0 Å². The first kappa shape index (κ1) is 16.5. The van der Waals surface area contributed by atoms with Gasteiger partial charge in [-0.1, -0.05) is 40.0 Å². The van der Waals surface area contributed by atoms with Crippen LogP contribution in [0.4, 0.5) is 0 Å². The van der Waals surface area contributed by atoms with Gasteiger partial charge in [-0.25, -0.2) is 0 Å². The van der Waals surface area contributed by atoms with Crippen LogP contribution in [0.15, 0.2) is 0 Å². The van der Waals surface area contributed by atoms with Gasteiger partial charge in [0.25, 0.3) is 0 Å². The van der Waals surface area contributed by atoms with Gasteiger partial charge in [-0.15, -0.1) is 0 Å². The summed E-state index contributed by atoms with van der Waals surface area (Å²) < 4.78 is 0. The third-order valence-electron chi connectivity index (χ3n) is 4.57. The number of unbranched alkanes of at least 4 members (excludes halogenated alkanes) is 1. The van der Waals surface area contributed by atoms with Gasteiger partial charge < -0.3 is 5.32 Å². The van der Waals surface area contributed by atoms with E-state index >= 15 is 0 Å². The molecule has 1 amide bonds. The molecule has 1 saturated carbocycles. The zero-order valence-corrected chi connectivity index (χ0v) is 13.2. The SMILES string of the molecule is CCCCN(CC)C(C)C(=O)NC1CCCCC1C. The minimum atomic E-state index is 0.00526. The Kier molecular flexibility index (Phi) is 7.44. The molecule has 0 saturated heterocycles. The third kappa shape index (κ3) is 5.13. The maximum Gasteiger partial charge on any atom is 0.237 e. The summed E-state index contributed by atoms with van der Waals surface area (Å²) in [4.78, 5) is 14.7. The number of carbonyl (C=O) groups is 1. The second-order valence-corrected chi connectivity index (χ2v) is 6.03. The molecule has 3 nitrogen and oxygen atoms in total. The molecule has 0 aliphatic heterocycles. The molecule has 1 rings (SSSR count). The number of nitrogens with zero attached hydrogens (tertiary/aromatic N) is 1. The molecular formula is C16H32N2O. The summed E-state index contributed by atoms with van der Waals surface area (Å²) in [6, 6.07) is 0.402. The monoisotopic (exact) mass is 268 g/mol. The van der Waals surface area contributed by atoms with Gasteiger partial charge in [0.15, 0.2) is 0 Å². The van der Waals surface area contributed by atoms with E-state index in [-0.39, 0.29) is 11.9 Å². The number of rotatable bonds is 7. The smallest absolute Gasteiger partial charge is 0.237 e. The Labute approximate surface area is 119 Å². The lowest BCUT2D eigenvalue weighted by Crippen LogP contribution is -2.50. The average Bonchev–Trinajstić information content (AvgIpc) is 2.42. The molecule has 0 aromatic rings. The van der Waals surface area contributed by atoms with Crippen LogP contribution >= 0.6 is 0 Å². The molecule has 3 unspecified atom stereocenters. The summed E-state index contributed by atoms with van der Waals surface area (Å²) >= 11 is 0. The molecule has 1 fully saturated rings. The molecule has 0 aromatic carbocycles. The number of nitrogens with one attached hydrogen (secondary N) is 1. The van der Waals surface area contributed by atoms with Crippen molar-refractivity contribution in [3.8, 4) is 0 Å². The van der Waals surface area contributed by atoms with E-state index < -0.39 is 0 Å². The van der Waals surface area contributed by atoms with E-state index in [0.29, 0.717) is 12.0 Å². The first-order valence-electron chi connectivity index (χ1n) is 8.14. The van der Waals surface area contributed by atoms with Crippen LogP contribution in [0.2, 0.25) is 0 Å². The number of carbonyl (C=O) groups excluding carboxylic acids is 1. The molecule has 0 bridgehead atoms. The van der Waals surface area contributed by atoms with E-state index in [1.54, 1.807) is 0 Å². The standard InChI is InChI=1S/C16H32N2O/c1-5-7-12-18(6-2)14(4)16(19)17-15-11-9-8-10-13(15)3/h13-15H,5-12H2,1-4H3,(H,17,19). The van der Waals surface area contributed by atoms with Crippen LogP contribution in [0, 0.1) is 5.92 Å². The number of amides is 1. The Bertz CT molecular complexity index is 267. The molecule has 0 heterocycles. The molecule has 0 aromatic heterocycles. The summed E-state index contributed by atoms with van der Waals surface area (Å²) in [5.41, 5.74) is 0. The van der Waals surface area contributed by atoms with Crippen molar-refractivity contribution in [2.45, 2.75) is 78.3 Å². The fourth-order valence-electron chi connectivity index (χ4n) is 2.99. The molecule has 0 radical (unpaired) electrons. The number of hydrogen-bond donors (Lipinski definition) is 1.